The van der Waals surface area contributed by atoms with Gasteiger partial charge in [0.15, 0.2) is 0 Å². The van der Waals surface area contributed by atoms with Gasteiger partial charge in [-0.25, -0.2) is 4.79 Å². The molecule has 10 heteroatoms. The third-order valence-electron chi connectivity index (χ3n) is 3.87. The molecule has 2 aromatic heterocycles. The molecule has 0 fully saturated rings. The monoisotopic (exact) mass is 385 g/mol. The molecule has 0 aliphatic carbocycles. The third kappa shape index (κ3) is 3.74. The van der Waals surface area contributed by atoms with Gasteiger partial charge in [-0.1, -0.05) is 0 Å². The Morgan fingerprint density at radius 2 is 2.11 bits per heavy atom. The first-order valence-corrected chi connectivity index (χ1v) is 9.16. The number of hydrogen-bond acceptors (Lipinski definition) is 6. The van der Waals surface area contributed by atoms with Gasteiger partial charge in [0.05, 0.1) is 22.8 Å². The third-order valence-corrected chi connectivity index (χ3v) is 4.27. The lowest BCUT2D eigenvalue weighted by atomic mass is 10.2. The molecule has 0 aliphatic rings. The Hall–Kier alpha value is -3.42. The lowest BCUT2D eigenvalue weighted by molar-refractivity contribution is -0.128. The second kappa shape index (κ2) is 6.71. The Bertz CT molecular complexity index is 1230. The summed E-state index contributed by atoms with van der Waals surface area (Å²) in [6, 6.07) is 9.26. The molecule has 27 heavy (non-hydrogen) atoms. The van der Waals surface area contributed by atoms with Gasteiger partial charge in [-0.3, -0.25) is 4.68 Å². The highest BCUT2D eigenvalue weighted by Gasteiger charge is 2.16. The number of aryl methyl sites for hydroxylation is 2. The largest absolute Gasteiger partial charge is 0.382 e. The molecule has 0 unspecified atom stereocenters. The van der Waals surface area contributed by atoms with Crippen molar-refractivity contribution < 1.29 is 17.4 Å². The number of fused-ring (bicyclic) bond motifs is 1. The number of aromatic nitrogens is 3. The topological polar surface area (TPSA) is 133 Å². The molecule has 3 rings (SSSR count). The van der Waals surface area contributed by atoms with Crippen molar-refractivity contribution in [1.29, 1.82) is 5.26 Å². The van der Waals surface area contributed by atoms with E-state index in [0.29, 0.717) is 22.6 Å². The Balaban J connectivity index is 2.08. The fourth-order valence-electron chi connectivity index (χ4n) is 2.83. The summed E-state index contributed by atoms with van der Waals surface area (Å²) in [5.74, 6) is -0.449. The van der Waals surface area contributed by atoms with E-state index < -0.39 is 16.3 Å². The Labute approximate surface area is 155 Å². The van der Waals surface area contributed by atoms with Gasteiger partial charge in [0.2, 0.25) is 0 Å². The zero-order valence-corrected chi connectivity index (χ0v) is 15.3. The Morgan fingerprint density at radius 3 is 2.78 bits per heavy atom. The molecular formula is C17H15N5O4S. The molecule has 0 radical (unpaired) electrons. The van der Waals surface area contributed by atoms with E-state index in [1.807, 2.05) is 22.9 Å². The number of nitrogens with zero attached hydrogens (tertiary/aromatic N) is 4. The van der Waals surface area contributed by atoms with E-state index in [4.69, 9.17) is 5.26 Å². The summed E-state index contributed by atoms with van der Waals surface area (Å²) in [6.07, 6.45) is 4.21. The van der Waals surface area contributed by atoms with Crippen molar-refractivity contribution in [2.45, 2.75) is 6.92 Å². The molecule has 0 amide bonds. The highest BCUT2D eigenvalue weighted by Crippen LogP contribution is 2.26. The van der Waals surface area contributed by atoms with Crippen molar-refractivity contribution in [2.75, 3.05) is 0 Å². The minimum atomic E-state index is -4.37. The van der Waals surface area contributed by atoms with Crippen molar-refractivity contribution >= 4 is 33.3 Å². The van der Waals surface area contributed by atoms with E-state index in [9.17, 15) is 13.2 Å². The fraction of sp³-hybridized carbons (Fsp3) is 0.118. The summed E-state index contributed by atoms with van der Waals surface area (Å²) in [5.41, 5.74) is 2.62. The quantitative estimate of drug-likeness (QED) is 0.673. The Morgan fingerprint density at radius 1 is 1.37 bits per heavy atom. The number of nitrogens with two attached hydrogens (primary N) is 1. The van der Waals surface area contributed by atoms with Crippen molar-refractivity contribution in [1.82, 2.24) is 14.3 Å². The van der Waals surface area contributed by atoms with Crippen molar-refractivity contribution in [2.24, 2.45) is 12.2 Å². The zero-order valence-electron chi connectivity index (χ0n) is 14.4. The number of carbonyl (C=O) groups is 1. The summed E-state index contributed by atoms with van der Waals surface area (Å²) in [7, 11) is -2.63. The Kier molecular flexibility index (Phi) is 4.57. The van der Waals surface area contributed by atoms with Gasteiger partial charge in [0.1, 0.15) is 5.82 Å². The molecule has 0 saturated heterocycles. The SMILES string of the molecule is Cc1nn(C)c(-n2ccc3cc(C#N)ccc32)c1C=CC(=O)OS(N)(=O)=O. The molecule has 2 N–H and O–H groups in total. The summed E-state index contributed by atoms with van der Waals surface area (Å²) < 4.78 is 29.3. The molecular weight excluding hydrogens is 370 g/mol. The van der Waals surface area contributed by atoms with Crippen LogP contribution in [0.15, 0.2) is 36.5 Å². The molecule has 3 aromatic rings. The summed E-state index contributed by atoms with van der Waals surface area (Å²) in [4.78, 5) is 11.6. The summed E-state index contributed by atoms with van der Waals surface area (Å²) in [5, 5.41) is 19.0. The zero-order chi connectivity index (χ0) is 19.8. The second-order valence-electron chi connectivity index (χ2n) is 5.75. The maximum absolute atomic E-state index is 11.6. The van der Waals surface area contributed by atoms with Crippen molar-refractivity contribution in [3.05, 3.63) is 53.4 Å². The normalized spacial score (nSPS) is 11.8. The van der Waals surface area contributed by atoms with Gasteiger partial charge in [-0.05, 0) is 37.3 Å². The standard InChI is InChI=1S/C17H15N5O4S/c1-11-14(4-6-16(23)26-27(19,24)25)17(21(2)20-11)22-8-7-13-9-12(10-18)3-5-15(13)22/h3-9H,1-2H3,(H2,19,24,25). The van der Waals surface area contributed by atoms with Crippen LogP contribution in [0.4, 0.5) is 0 Å². The van der Waals surface area contributed by atoms with Crippen LogP contribution in [0.5, 0.6) is 0 Å². The molecule has 0 atom stereocenters. The van der Waals surface area contributed by atoms with Crippen LogP contribution in [-0.4, -0.2) is 28.7 Å². The first-order chi connectivity index (χ1) is 12.7. The number of rotatable bonds is 4. The average molecular weight is 385 g/mol. The number of hydrogen-bond donors (Lipinski definition) is 1. The first-order valence-electron chi connectivity index (χ1n) is 7.69. The van der Waals surface area contributed by atoms with Gasteiger partial charge in [0.25, 0.3) is 0 Å². The smallest absolute Gasteiger partial charge is 0.330 e. The molecule has 2 heterocycles. The lowest BCUT2D eigenvalue weighted by Gasteiger charge is -2.08. The maximum Gasteiger partial charge on any atom is 0.382 e. The van der Waals surface area contributed by atoms with Crippen LogP contribution in [0.1, 0.15) is 16.8 Å². The highest BCUT2D eigenvalue weighted by molar-refractivity contribution is 7.84. The molecule has 0 saturated carbocycles. The van der Waals surface area contributed by atoms with E-state index >= 15 is 0 Å². The lowest BCUT2D eigenvalue weighted by Crippen LogP contribution is -2.19. The number of benzene rings is 1. The van der Waals surface area contributed by atoms with E-state index in [1.165, 1.54) is 6.08 Å². The van der Waals surface area contributed by atoms with Crippen molar-refractivity contribution in [3.63, 3.8) is 0 Å². The average Bonchev–Trinajstić information content (AvgIpc) is 3.10. The van der Waals surface area contributed by atoms with E-state index in [-0.39, 0.29) is 0 Å². The van der Waals surface area contributed by atoms with Crippen LogP contribution in [0.3, 0.4) is 0 Å². The predicted molar refractivity (Wildman–Crippen MR) is 97.7 cm³/mol. The molecule has 0 bridgehead atoms. The maximum atomic E-state index is 11.6. The van der Waals surface area contributed by atoms with Crippen LogP contribution in [0.25, 0.3) is 22.8 Å². The summed E-state index contributed by atoms with van der Waals surface area (Å²) in [6.45, 7) is 1.76. The highest BCUT2D eigenvalue weighted by atomic mass is 32.2. The first kappa shape index (κ1) is 18.4. The molecule has 1 aromatic carbocycles. The minimum absolute atomic E-state index is 0.548. The van der Waals surface area contributed by atoms with Gasteiger partial charge in [-0.15, -0.1) is 0 Å². The van der Waals surface area contributed by atoms with Crippen LogP contribution in [0, 0.1) is 18.3 Å². The van der Waals surface area contributed by atoms with Gasteiger partial charge in [-0.2, -0.15) is 23.9 Å². The van der Waals surface area contributed by atoms with Gasteiger partial charge >= 0.3 is 16.3 Å². The van der Waals surface area contributed by atoms with Crippen LogP contribution >= 0.6 is 0 Å². The fourth-order valence-corrected chi connectivity index (χ4v) is 3.12. The van der Waals surface area contributed by atoms with E-state index in [0.717, 1.165) is 17.0 Å². The minimum Gasteiger partial charge on any atom is -0.330 e. The molecule has 138 valence electrons. The second-order valence-corrected chi connectivity index (χ2v) is 6.90. The van der Waals surface area contributed by atoms with Crippen LogP contribution in [-0.2, 0) is 26.3 Å². The number of carbonyl (C=O) groups excluding carboxylic acids is 1. The molecule has 0 spiro atoms. The van der Waals surface area contributed by atoms with Gasteiger partial charge < -0.3 is 8.75 Å². The van der Waals surface area contributed by atoms with E-state index in [2.05, 4.69) is 20.5 Å². The van der Waals surface area contributed by atoms with Crippen molar-refractivity contribution in [3.8, 4) is 11.9 Å². The summed E-state index contributed by atoms with van der Waals surface area (Å²) >= 11 is 0. The van der Waals surface area contributed by atoms with Gasteiger partial charge in [0, 0.05) is 30.3 Å². The molecule has 9 nitrogen and oxygen atoms in total. The number of nitriles is 1. The van der Waals surface area contributed by atoms with Crippen LogP contribution in [0.2, 0.25) is 0 Å². The predicted octanol–water partition coefficient (Wildman–Crippen LogP) is 1.30. The van der Waals surface area contributed by atoms with E-state index in [1.54, 1.807) is 30.8 Å². The van der Waals surface area contributed by atoms with Crippen LogP contribution < -0.4 is 5.14 Å². The molecule has 0 aliphatic heterocycles.